The molecule has 1 amide bonds. The van der Waals surface area contributed by atoms with Crippen LogP contribution in [0.4, 0.5) is 0 Å². The van der Waals surface area contributed by atoms with E-state index in [-0.39, 0.29) is 17.6 Å². The van der Waals surface area contributed by atoms with Gasteiger partial charge >= 0.3 is 0 Å². The molecule has 1 spiro atoms. The minimum absolute atomic E-state index is 0.0849. The molecule has 3 fully saturated rings. The molecule has 21 heavy (non-hydrogen) atoms. The Morgan fingerprint density at radius 2 is 1.86 bits per heavy atom. The van der Waals surface area contributed by atoms with Gasteiger partial charge in [0.25, 0.3) is 0 Å². The maximum Gasteiger partial charge on any atom is 0.234 e. The lowest BCUT2D eigenvalue weighted by Crippen LogP contribution is -2.52. The predicted molar refractivity (Wildman–Crippen MR) is 83.0 cm³/mol. The van der Waals surface area contributed by atoms with Crippen LogP contribution in [0.5, 0.6) is 0 Å². The van der Waals surface area contributed by atoms with Crippen molar-refractivity contribution in [3.63, 3.8) is 0 Å². The molecule has 120 valence electrons. The van der Waals surface area contributed by atoms with Gasteiger partial charge in [-0.1, -0.05) is 19.8 Å². The first-order chi connectivity index (χ1) is 10.1. The average Bonchev–Trinajstić information content (AvgIpc) is 3.06. The van der Waals surface area contributed by atoms with Gasteiger partial charge in [0.1, 0.15) is 0 Å². The Morgan fingerprint density at radius 3 is 2.52 bits per heavy atom. The van der Waals surface area contributed by atoms with Gasteiger partial charge in [0.15, 0.2) is 0 Å². The zero-order valence-corrected chi connectivity index (χ0v) is 13.3. The quantitative estimate of drug-likeness (QED) is 0.838. The molecule has 4 heteroatoms. The van der Waals surface area contributed by atoms with Gasteiger partial charge in [0.05, 0.1) is 12.6 Å². The Morgan fingerprint density at radius 1 is 1.19 bits per heavy atom. The minimum atomic E-state index is -0.233. The molecule has 1 unspecified atom stereocenters. The first kappa shape index (κ1) is 15.3. The first-order valence-electron chi connectivity index (χ1n) is 8.82. The van der Waals surface area contributed by atoms with Crippen LogP contribution in [-0.4, -0.2) is 46.7 Å². The van der Waals surface area contributed by atoms with Crippen LogP contribution in [0, 0.1) is 5.92 Å². The van der Waals surface area contributed by atoms with E-state index in [2.05, 4.69) is 17.1 Å². The summed E-state index contributed by atoms with van der Waals surface area (Å²) in [7, 11) is 0. The van der Waals surface area contributed by atoms with Crippen molar-refractivity contribution in [2.24, 2.45) is 5.92 Å². The molecule has 2 N–H and O–H groups in total. The zero-order valence-electron chi connectivity index (χ0n) is 13.3. The van der Waals surface area contributed by atoms with Crippen molar-refractivity contribution in [3.05, 3.63) is 0 Å². The third-order valence-electron chi connectivity index (χ3n) is 6.11. The summed E-state index contributed by atoms with van der Waals surface area (Å²) in [5, 5.41) is 13.6. The zero-order chi connectivity index (χ0) is 14.9. The summed E-state index contributed by atoms with van der Waals surface area (Å²) >= 11 is 0. The van der Waals surface area contributed by atoms with Gasteiger partial charge in [0, 0.05) is 18.1 Å². The largest absolute Gasteiger partial charge is 0.391 e. The number of likely N-dealkylation sites (tertiary alicyclic amines) is 1. The first-order valence-corrected chi connectivity index (χ1v) is 8.82. The average molecular weight is 294 g/mol. The molecule has 2 saturated carbocycles. The number of carbonyl (C=O) groups is 1. The topological polar surface area (TPSA) is 52.6 Å². The van der Waals surface area contributed by atoms with Gasteiger partial charge in [-0.15, -0.1) is 0 Å². The Kier molecular flexibility index (Phi) is 4.55. The molecule has 0 bridgehead atoms. The number of carbonyl (C=O) groups excluding carboxylic acids is 1. The summed E-state index contributed by atoms with van der Waals surface area (Å²) < 4.78 is 0. The lowest BCUT2D eigenvalue weighted by Gasteiger charge is -2.37. The molecule has 0 aromatic carbocycles. The number of amides is 1. The van der Waals surface area contributed by atoms with Crippen molar-refractivity contribution in [1.29, 1.82) is 0 Å². The lowest BCUT2D eigenvalue weighted by molar-refractivity contribution is -0.124. The number of nitrogens with one attached hydrogen (secondary N) is 1. The summed E-state index contributed by atoms with van der Waals surface area (Å²) in [6.45, 7) is 3.65. The molecule has 3 aliphatic rings. The number of rotatable bonds is 3. The van der Waals surface area contributed by atoms with Crippen LogP contribution in [0.25, 0.3) is 0 Å². The molecule has 0 aromatic heterocycles. The molecule has 1 saturated heterocycles. The predicted octanol–water partition coefficient (Wildman–Crippen LogP) is 2.06. The molecule has 0 radical (unpaired) electrons. The van der Waals surface area contributed by atoms with E-state index in [1.54, 1.807) is 0 Å². The van der Waals surface area contributed by atoms with Crippen molar-refractivity contribution in [2.75, 3.05) is 13.1 Å². The maximum absolute atomic E-state index is 12.4. The summed E-state index contributed by atoms with van der Waals surface area (Å²) in [6.07, 6.45) is 9.81. The standard InChI is InChI=1S/C17H30N2O2/c1-13-4-6-14(7-5-13)18-16(21)12-19-11-8-15(20)17(19)9-2-3-10-17/h13-15,20H,2-12H2,1H3,(H,18,21). The minimum Gasteiger partial charge on any atom is -0.391 e. The van der Waals surface area contributed by atoms with Crippen LogP contribution in [0.1, 0.15) is 64.7 Å². The number of aliphatic hydroxyl groups excluding tert-OH is 1. The van der Waals surface area contributed by atoms with E-state index in [0.29, 0.717) is 12.6 Å². The molecular formula is C17H30N2O2. The van der Waals surface area contributed by atoms with E-state index >= 15 is 0 Å². The monoisotopic (exact) mass is 294 g/mol. The fourth-order valence-corrected chi connectivity index (χ4v) is 4.70. The van der Waals surface area contributed by atoms with Gasteiger partial charge in [-0.2, -0.15) is 0 Å². The third-order valence-corrected chi connectivity index (χ3v) is 6.11. The summed E-state index contributed by atoms with van der Waals surface area (Å²) in [4.78, 5) is 14.6. The van der Waals surface area contributed by atoms with Gasteiger partial charge in [-0.3, -0.25) is 9.69 Å². The summed E-state index contributed by atoms with van der Waals surface area (Å²) in [6, 6.07) is 0.376. The van der Waals surface area contributed by atoms with Gasteiger partial charge in [0.2, 0.25) is 5.91 Å². The highest BCUT2D eigenvalue weighted by Crippen LogP contribution is 2.43. The highest BCUT2D eigenvalue weighted by atomic mass is 16.3. The van der Waals surface area contributed by atoms with Gasteiger partial charge in [-0.05, 0) is 50.9 Å². The smallest absolute Gasteiger partial charge is 0.234 e. The van der Waals surface area contributed by atoms with Crippen LogP contribution in [-0.2, 0) is 4.79 Å². The van der Waals surface area contributed by atoms with Crippen LogP contribution in [0.15, 0.2) is 0 Å². The molecule has 3 rings (SSSR count). The van der Waals surface area contributed by atoms with E-state index in [0.717, 1.165) is 44.6 Å². The number of aliphatic hydroxyl groups is 1. The van der Waals surface area contributed by atoms with Crippen molar-refractivity contribution in [2.45, 2.75) is 82.4 Å². The van der Waals surface area contributed by atoms with E-state index in [1.807, 2.05) is 0 Å². The Bertz CT molecular complexity index is 371. The molecule has 0 aromatic rings. The van der Waals surface area contributed by atoms with Crippen molar-refractivity contribution < 1.29 is 9.90 Å². The molecule has 1 aliphatic heterocycles. The molecule has 1 heterocycles. The Hall–Kier alpha value is -0.610. The SMILES string of the molecule is CC1CCC(NC(=O)CN2CCC(O)C23CCCC3)CC1. The van der Waals surface area contributed by atoms with Crippen LogP contribution in [0.3, 0.4) is 0 Å². The highest BCUT2D eigenvalue weighted by Gasteiger charge is 2.49. The lowest BCUT2D eigenvalue weighted by atomic mass is 9.87. The third kappa shape index (κ3) is 3.11. The molecule has 1 atom stereocenters. The van der Waals surface area contributed by atoms with Crippen molar-refractivity contribution >= 4 is 5.91 Å². The molecular weight excluding hydrogens is 264 g/mol. The number of hydrogen-bond donors (Lipinski definition) is 2. The van der Waals surface area contributed by atoms with Gasteiger partial charge < -0.3 is 10.4 Å². The number of hydrogen-bond acceptors (Lipinski definition) is 3. The van der Waals surface area contributed by atoms with Crippen molar-refractivity contribution in [1.82, 2.24) is 10.2 Å². The Balaban J connectivity index is 1.52. The number of nitrogens with zero attached hydrogens (tertiary/aromatic N) is 1. The molecule has 4 nitrogen and oxygen atoms in total. The Labute approximate surface area is 128 Å². The summed E-state index contributed by atoms with van der Waals surface area (Å²) in [5.74, 6) is 0.976. The van der Waals surface area contributed by atoms with Crippen molar-refractivity contribution in [3.8, 4) is 0 Å². The normalized spacial score (nSPS) is 36.2. The second kappa shape index (κ2) is 6.25. The van der Waals surface area contributed by atoms with Crippen LogP contribution < -0.4 is 5.32 Å². The van der Waals surface area contributed by atoms with E-state index < -0.39 is 0 Å². The second-order valence-corrected chi connectivity index (χ2v) is 7.56. The maximum atomic E-state index is 12.4. The highest BCUT2D eigenvalue weighted by molar-refractivity contribution is 5.78. The van der Waals surface area contributed by atoms with E-state index in [9.17, 15) is 9.90 Å². The van der Waals surface area contributed by atoms with E-state index in [1.165, 1.54) is 25.7 Å². The fraction of sp³-hybridized carbons (Fsp3) is 0.941. The van der Waals surface area contributed by atoms with Crippen LogP contribution in [0.2, 0.25) is 0 Å². The second-order valence-electron chi connectivity index (χ2n) is 7.56. The molecule has 2 aliphatic carbocycles. The van der Waals surface area contributed by atoms with Gasteiger partial charge in [-0.25, -0.2) is 0 Å². The summed E-state index contributed by atoms with van der Waals surface area (Å²) in [5.41, 5.74) is -0.0849. The fourth-order valence-electron chi connectivity index (χ4n) is 4.70. The van der Waals surface area contributed by atoms with Crippen LogP contribution >= 0.6 is 0 Å². The van der Waals surface area contributed by atoms with E-state index in [4.69, 9.17) is 0 Å².